The van der Waals surface area contributed by atoms with Crippen LogP contribution in [0.15, 0.2) is 121 Å². The van der Waals surface area contributed by atoms with Crippen LogP contribution in [0.4, 0.5) is 0 Å². The zero-order chi connectivity index (χ0) is 41.7. The average Bonchev–Trinajstić information content (AvgIpc) is 4.10. The van der Waals surface area contributed by atoms with Gasteiger partial charge < -0.3 is 30.4 Å². The predicted molar refractivity (Wildman–Crippen MR) is 228 cm³/mol. The van der Waals surface area contributed by atoms with Gasteiger partial charge in [-0.25, -0.2) is 29.1 Å². The molecule has 2 aliphatic rings. The molecule has 2 aliphatic heterocycles. The number of hydrogen-bond acceptors (Lipinski definition) is 6. The smallest absolute Gasteiger partial charge is 0.335 e. The van der Waals surface area contributed by atoms with Crippen LogP contribution in [0.1, 0.15) is 64.2 Å². The zero-order valence-electron chi connectivity index (χ0n) is 31.5. The molecule has 5 heterocycles. The van der Waals surface area contributed by atoms with E-state index in [1.165, 1.54) is 48.5 Å². The van der Waals surface area contributed by atoms with Gasteiger partial charge in [0.25, 0.3) is 0 Å². The normalized spacial score (nSPS) is 11.5. The zero-order valence-corrected chi connectivity index (χ0v) is 32.6. The maximum Gasteiger partial charge on any atom is 0.335 e. The third-order valence-electron chi connectivity index (χ3n) is 10.4. The number of fused-ring (bicyclic) bond motifs is 8. The fourth-order valence-electron chi connectivity index (χ4n) is 7.54. The largest absolute Gasteiger partial charge is 0.478 e. The summed E-state index contributed by atoms with van der Waals surface area (Å²) in [4.78, 5) is 64.8. The van der Waals surface area contributed by atoms with Gasteiger partial charge in [-0.1, -0.05) is 48.5 Å². The molecule has 7 aromatic rings. The van der Waals surface area contributed by atoms with Crippen LogP contribution in [0, 0.1) is 0 Å². The first-order chi connectivity index (χ1) is 29.0. The summed E-state index contributed by atoms with van der Waals surface area (Å²) in [5, 5.41) is 38.7. The van der Waals surface area contributed by atoms with E-state index in [1.54, 1.807) is 48.5 Å². The van der Waals surface area contributed by atoms with Crippen molar-refractivity contribution in [3.63, 3.8) is 0 Å². The summed E-state index contributed by atoms with van der Waals surface area (Å²) in [6.07, 6.45) is 7.47. The number of nitrogens with one attached hydrogen (secondary N) is 2. The number of benzene rings is 4. The summed E-state index contributed by atoms with van der Waals surface area (Å²) in [6, 6.07) is 33.6. The monoisotopic (exact) mass is 846 g/mol. The Morgan fingerprint density at radius 3 is 0.705 bits per heavy atom. The topological polar surface area (TPSA) is 207 Å². The minimum Gasteiger partial charge on any atom is -0.478 e. The van der Waals surface area contributed by atoms with E-state index >= 15 is 0 Å². The van der Waals surface area contributed by atoms with Crippen LogP contribution in [0.2, 0.25) is 0 Å². The summed E-state index contributed by atoms with van der Waals surface area (Å²) in [7, 11) is 0. The molecule has 6 N–H and O–H groups in total. The van der Waals surface area contributed by atoms with E-state index in [4.69, 9.17) is 9.97 Å². The minimum atomic E-state index is -1.06. The van der Waals surface area contributed by atoms with Crippen molar-refractivity contribution in [2.45, 2.75) is 0 Å². The summed E-state index contributed by atoms with van der Waals surface area (Å²) < 4.78 is 0. The van der Waals surface area contributed by atoms with Gasteiger partial charge in [0.2, 0.25) is 0 Å². The number of rotatable bonds is 8. The molecule has 4 aromatic carbocycles. The Labute approximate surface area is 356 Å². The summed E-state index contributed by atoms with van der Waals surface area (Å²) >= 11 is 0. The van der Waals surface area contributed by atoms with E-state index in [1.807, 2.05) is 48.6 Å². The van der Waals surface area contributed by atoms with E-state index in [0.717, 1.165) is 0 Å². The number of hydrogen-bond donors (Lipinski definition) is 6. The van der Waals surface area contributed by atoms with Crippen LogP contribution >= 0.6 is 0 Å². The Bertz CT molecular complexity index is 2760. The Balaban J connectivity index is 0.00000514. The number of H-pyrrole nitrogens is 2. The van der Waals surface area contributed by atoms with E-state index < -0.39 is 23.9 Å². The van der Waals surface area contributed by atoms with Crippen molar-refractivity contribution in [2.24, 2.45) is 0 Å². The molecule has 0 saturated carbocycles. The van der Waals surface area contributed by atoms with E-state index in [0.29, 0.717) is 89.4 Å². The first-order valence-electron chi connectivity index (χ1n) is 18.5. The molecular weight excluding hydrogens is 816 g/mol. The second kappa shape index (κ2) is 15.9. The van der Waals surface area contributed by atoms with Crippen molar-refractivity contribution in [3.8, 4) is 44.5 Å². The van der Waals surface area contributed by atoms with Gasteiger partial charge in [-0.05, 0) is 119 Å². The van der Waals surface area contributed by atoms with Gasteiger partial charge in [-0.2, -0.15) is 0 Å². The first-order valence-corrected chi connectivity index (χ1v) is 18.5. The van der Waals surface area contributed by atoms with E-state index in [9.17, 15) is 39.6 Å². The van der Waals surface area contributed by atoms with Crippen LogP contribution in [-0.2, 0) is 17.1 Å². The second-order valence-corrected chi connectivity index (χ2v) is 14.0. The van der Waals surface area contributed by atoms with Crippen LogP contribution < -0.4 is 0 Å². The third-order valence-corrected chi connectivity index (χ3v) is 10.4. The fraction of sp³-hybridized carbons (Fsp3) is 0. The Kier molecular flexibility index (Phi) is 10.4. The molecular formula is C48H30FeN4O8. The molecule has 8 bridgehead atoms. The van der Waals surface area contributed by atoms with Gasteiger partial charge in [0.15, 0.2) is 0 Å². The maximum absolute atomic E-state index is 11.8. The molecule has 0 unspecified atom stereocenters. The maximum atomic E-state index is 11.8. The van der Waals surface area contributed by atoms with E-state index in [2.05, 4.69) is 9.97 Å². The van der Waals surface area contributed by atoms with Crippen LogP contribution in [0.5, 0.6) is 0 Å². The molecule has 0 saturated heterocycles. The molecule has 12 nitrogen and oxygen atoms in total. The second-order valence-electron chi connectivity index (χ2n) is 14.0. The van der Waals surface area contributed by atoms with Crippen molar-refractivity contribution >= 4 is 70.2 Å². The summed E-state index contributed by atoms with van der Waals surface area (Å²) in [6.45, 7) is 0. The van der Waals surface area contributed by atoms with Crippen molar-refractivity contribution in [3.05, 3.63) is 166 Å². The number of aromatic nitrogens is 4. The first kappa shape index (κ1) is 39.7. The van der Waals surface area contributed by atoms with Crippen molar-refractivity contribution in [1.82, 2.24) is 19.9 Å². The fourth-order valence-corrected chi connectivity index (χ4v) is 7.54. The average molecular weight is 847 g/mol. The van der Waals surface area contributed by atoms with Gasteiger partial charge in [0.05, 0.1) is 45.0 Å². The van der Waals surface area contributed by atoms with Gasteiger partial charge in [0, 0.05) is 61.4 Å². The molecule has 298 valence electrons. The van der Waals surface area contributed by atoms with Gasteiger partial charge in [-0.15, -0.1) is 0 Å². The van der Waals surface area contributed by atoms with Crippen LogP contribution in [0.25, 0.3) is 90.9 Å². The third kappa shape index (κ3) is 7.42. The summed E-state index contributed by atoms with van der Waals surface area (Å²) in [5.74, 6) is -4.25. The van der Waals surface area contributed by atoms with Gasteiger partial charge in [0.1, 0.15) is 0 Å². The number of nitrogens with zero attached hydrogens (tertiary/aromatic N) is 2. The van der Waals surface area contributed by atoms with Crippen LogP contribution in [0.3, 0.4) is 0 Å². The number of aromatic amines is 2. The molecule has 61 heavy (non-hydrogen) atoms. The Morgan fingerprint density at radius 2 is 0.525 bits per heavy atom. The molecule has 0 radical (unpaired) electrons. The number of carboxylic acid groups (broad SMARTS) is 4. The van der Waals surface area contributed by atoms with Crippen LogP contribution in [-0.4, -0.2) is 64.2 Å². The van der Waals surface area contributed by atoms with E-state index in [-0.39, 0.29) is 39.3 Å². The SMILES string of the molecule is O=C(O)c1ccc(-c2c3nc(c(-c4ccc(C(=O)O)cc4)c4ccc([nH]4)c(-c4ccc(C(=O)O)cc4)c4nc(c(-c5ccc(C(=O)O)cc5)c5ccc2[nH]5)C=C4)C=C3)cc1.[Fe]. The molecule has 0 atom stereocenters. The standard InChI is InChI=1S/C48H30N4O8.Fe/c53-45(54)29-9-1-25(2-10-29)41-33-17-19-35(49-33)42(26-3-11-30(12-4-26)46(55)56)37-21-23-39(51-37)44(28-7-15-32(16-8-28)48(59)60)40-24-22-38(52-40)43(36-20-18-34(41)50-36)27-5-13-31(14-6-27)47(57)58;/h1-24,49,52H,(H,53,54)(H,55,56)(H,57,58)(H,59,60);. The van der Waals surface area contributed by atoms with Crippen molar-refractivity contribution in [2.75, 3.05) is 0 Å². The molecule has 13 heteroatoms. The minimum absolute atomic E-state index is 0. The molecule has 0 spiro atoms. The molecule has 3 aromatic heterocycles. The molecule has 0 amide bonds. The number of aromatic carboxylic acids is 4. The molecule has 0 fully saturated rings. The molecule has 0 aliphatic carbocycles. The van der Waals surface area contributed by atoms with Gasteiger partial charge >= 0.3 is 23.9 Å². The molecule has 9 rings (SSSR count). The Hall–Kier alpha value is -8.12. The summed E-state index contributed by atoms with van der Waals surface area (Å²) in [5.41, 5.74) is 10.7. The van der Waals surface area contributed by atoms with Gasteiger partial charge in [-0.3, -0.25) is 0 Å². The van der Waals surface area contributed by atoms with Crippen molar-refractivity contribution in [1.29, 1.82) is 0 Å². The number of carbonyl (C=O) groups is 4. The predicted octanol–water partition coefficient (Wildman–Crippen LogP) is 10.1. The van der Waals surface area contributed by atoms with Crippen molar-refractivity contribution < 1.29 is 56.7 Å². The Morgan fingerprint density at radius 1 is 0.328 bits per heavy atom. The quantitative estimate of drug-likeness (QED) is 0.0798. The number of carboxylic acids is 4.